The highest BCUT2D eigenvalue weighted by Gasteiger charge is 2.08. The molecule has 0 aromatic carbocycles. The summed E-state index contributed by atoms with van der Waals surface area (Å²) in [5, 5.41) is 0. The molecule has 0 saturated carbocycles. The van der Waals surface area contributed by atoms with Gasteiger partial charge in [0.05, 0.1) is 13.2 Å². The Morgan fingerprint density at radius 2 is 0.789 bits per heavy atom. The van der Waals surface area contributed by atoms with Gasteiger partial charge in [-0.05, 0) is 43.4 Å². The Balaban J connectivity index is 3.34. The summed E-state index contributed by atoms with van der Waals surface area (Å²) in [7, 11) is 0. The number of hydrogen-bond acceptors (Lipinski definition) is 4. The van der Waals surface area contributed by atoms with Crippen molar-refractivity contribution in [2.24, 2.45) is 17.8 Å². The molecule has 0 heterocycles. The van der Waals surface area contributed by atoms with Crippen LogP contribution in [0.25, 0.3) is 0 Å². The number of carbonyl (C=O) groups is 2. The van der Waals surface area contributed by atoms with Crippen molar-refractivity contribution >= 4 is 11.9 Å². The predicted octanol–water partition coefficient (Wildman–Crippen LogP) is 10.6. The maximum Gasteiger partial charge on any atom is 0.305 e. The number of esters is 2. The average molecular weight is 539 g/mol. The minimum Gasteiger partial charge on any atom is -0.466 e. The van der Waals surface area contributed by atoms with E-state index in [1.807, 2.05) is 0 Å². The van der Waals surface area contributed by atoms with Crippen LogP contribution in [0.5, 0.6) is 0 Å². The molecule has 1 unspecified atom stereocenters. The number of rotatable bonds is 28. The maximum absolute atomic E-state index is 11.9. The smallest absolute Gasteiger partial charge is 0.305 e. The summed E-state index contributed by atoms with van der Waals surface area (Å²) in [5.74, 6) is 2.13. The third-order valence-corrected chi connectivity index (χ3v) is 7.55. The van der Waals surface area contributed by atoms with Crippen molar-refractivity contribution in [2.75, 3.05) is 13.2 Å². The Kier molecular flexibility index (Phi) is 26.7. The van der Waals surface area contributed by atoms with Crippen LogP contribution in [-0.4, -0.2) is 25.2 Å². The van der Waals surface area contributed by atoms with Gasteiger partial charge in [-0.15, -0.1) is 0 Å². The van der Waals surface area contributed by atoms with Gasteiger partial charge in [0.1, 0.15) is 0 Å². The van der Waals surface area contributed by atoms with Crippen LogP contribution >= 0.6 is 0 Å². The van der Waals surface area contributed by atoms with Crippen LogP contribution in [0, 0.1) is 17.8 Å². The molecule has 0 aromatic heterocycles. The lowest BCUT2D eigenvalue weighted by atomic mass is 9.97. The molecule has 4 nitrogen and oxygen atoms in total. The lowest BCUT2D eigenvalue weighted by Crippen LogP contribution is -2.08. The molecule has 0 radical (unpaired) electrons. The molecule has 1 atom stereocenters. The van der Waals surface area contributed by atoms with Crippen LogP contribution in [0.15, 0.2) is 0 Å². The van der Waals surface area contributed by atoms with Gasteiger partial charge in [-0.2, -0.15) is 0 Å². The van der Waals surface area contributed by atoms with E-state index in [4.69, 9.17) is 9.47 Å². The first-order valence-electron chi connectivity index (χ1n) is 16.6. The van der Waals surface area contributed by atoms with Gasteiger partial charge in [0.15, 0.2) is 0 Å². The van der Waals surface area contributed by atoms with E-state index < -0.39 is 0 Å². The van der Waals surface area contributed by atoms with E-state index in [1.165, 1.54) is 96.3 Å². The molecule has 0 bridgehead atoms. The van der Waals surface area contributed by atoms with E-state index in [-0.39, 0.29) is 11.9 Å². The van der Waals surface area contributed by atoms with Crippen molar-refractivity contribution in [1.82, 2.24) is 0 Å². The highest BCUT2D eigenvalue weighted by molar-refractivity contribution is 5.69. The normalized spacial score (nSPS) is 12.3. The number of carbonyl (C=O) groups excluding carboxylic acids is 2. The first-order chi connectivity index (χ1) is 18.3. The minimum absolute atomic E-state index is 0.00832. The fraction of sp³-hybridized carbons (Fsp3) is 0.941. The van der Waals surface area contributed by atoms with E-state index in [0.717, 1.165) is 43.9 Å². The van der Waals surface area contributed by atoms with Crippen molar-refractivity contribution in [3.8, 4) is 0 Å². The lowest BCUT2D eigenvalue weighted by Gasteiger charge is -2.11. The molecule has 0 rings (SSSR count). The lowest BCUT2D eigenvalue weighted by molar-refractivity contribution is -0.144. The molecule has 0 spiro atoms. The molecule has 226 valence electrons. The molecule has 0 aliphatic carbocycles. The fourth-order valence-electron chi connectivity index (χ4n) is 4.86. The molecule has 0 fully saturated rings. The second-order valence-corrected chi connectivity index (χ2v) is 12.6. The van der Waals surface area contributed by atoms with Crippen LogP contribution in [0.4, 0.5) is 0 Å². The molecule has 0 N–H and O–H groups in total. The second kappa shape index (κ2) is 27.5. The number of ether oxygens (including phenoxy) is 2. The summed E-state index contributed by atoms with van der Waals surface area (Å²) < 4.78 is 10.7. The largest absolute Gasteiger partial charge is 0.466 e. The summed E-state index contributed by atoms with van der Waals surface area (Å²) in [6.45, 7) is 12.5. The topological polar surface area (TPSA) is 52.6 Å². The van der Waals surface area contributed by atoms with Gasteiger partial charge in [-0.1, -0.05) is 137 Å². The Morgan fingerprint density at radius 1 is 0.421 bits per heavy atom. The molecule has 0 aliphatic heterocycles. The standard InChI is InChI=1S/C34H66O4/c1-30(2)22-16-14-20-28-37-33(35)25-19-13-11-9-7-6-8-10-12-18-24-32(5)26-27-34(36)38-29-21-15-17-23-31(3)4/h30-32H,6-29H2,1-5H3. The summed E-state index contributed by atoms with van der Waals surface area (Å²) in [5.41, 5.74) is 0. The van der Waals surface area contributed by atoms with Crippen LogP contribution in [0.2, 0.25) is 0 Å². The van der Waals surface area contributed by atoms with Crippen molar-refractivity contribution in [3.05, 3.63) is 0 Å². The summed E-state index contributed by atoms with van der Waals surface area (Å²) in [6, 6.07) is 0. The minimum atomic E-state index is -0.0106. The van der Waals surface area contributed by atoms with Gasteiger partial charge in [0, 0.05) is 12.8 Å². The molecular formula is C34H66O4. The van der Waals surface area contributed by atoms with E-state index in [2.05, 4.69) is 34.6 Å². The SMILES string of the molecule is CC(C)CCCCCOC(=O)CCCCCCCCCCCCC(C)CCC(=O)OCCCCCC(C)C. The third kappa shape index (κ3) is 29.5. The van der Waals surface area contributed by atoms with E-state index in [0.29, 0.717) is 32.0 Å². The van der Waals surface area contributed by atoms with Crippen LogP contribution in [-0.2, 0) is 19.1 Å². The van der Waals surface area contributed by atoms with Crippen molar-refractivity contribution in [3.63, 3.8) is 0 Å². The highest BCUT2D eigenvalue weighted by atomic mass is 16.5. The van der Waals surface area contributed by atoms with Crippen molar-refractivity contribution in [2.45, 2.75) is 176 Å². The monoisotopic (exact) mass is 538 g/mol. The molecule has 38 heavy (non-hydrogen) atoms. The Bertz CT molecular complexity index is 529. The predicted molar refractivity (Wildman–Crippen MR) is 162 cm³/mol. The Hall–Kier alpha value is -1.06. The van der Waals surface area contributed by atoms with Crippen molar-refractivity contribution in [1.29, 1.82) is 0 Å². The highest BCUT2D eigenvalue weighted by Crippen LogP contribution is 2.18. The van der Waals surface area contributed by atoms with Crippen molar-refractivity contribution < 1.29 is 19.1 Å². The maximum atomic E-state index is 11.9. The quantitative estimate of drug-likeness (QED) is 0.0734. The molecule has 0 saturated heterocycles. The van der Waals surface area contributed by atoms with Crippen LogP contribution < -0.4 is 0 Å². The van der Waals surface area contributed by atoms with E-state index >= 15 is 0 Å². The third-order valence-electron chi connectivity index (χ3n) is 7.55. The zero-order valence-electron chi connectivity index (χ0n) is 26.3. The van der Waals surface area contributed by atoms with Gasteiger partial charge in [0.2, 0.25) is 0 Å². The molecule has 0 aromatic rings. The number of hydrogen-bond donors (Lipinski definition) is 0. The second-order valence-electron chi connectivity index (χ2n) is 12.6. The molecular weight excluding hydrogens is 472 g/mol. The van der Waals surface area contributed by atoms with Gasteiger partial charge in [-0.25, -0.2) is 0 Å². The molecule has 4 heteroatoms. The summed E-state index contributed by atoms with van der Waals surface area (Å²) >= 11 is 0. The Labute approximate surface area is 237 Å². The van der Waals surface area contributed by atoms with E-state index in [9.17, 15) is 9.59 Å². The van der Waals surface area contributed by atoms with E-state index in [1.54, 1.807) is 0 Å². The number of unbranched alkanes of at least 4 members (excludes halogenated alkanes) is 13. The first kappa shape index (κ1) is 36.9. The van der Waals surface area contributed by atoms with Crippen LogP contribution in [0.3, 0.4) is 0 Å². The zero-order chi connectivity index (χ0) is 28.3. The van der Waals surface area contributed by atoms with Gasteiger partial charge < -0.3 is 9.47 Å². The fourth-order valence-corrected chi connectivity index (χ4v) is 4.86. The van der Waals surface area contributed by atoms with Gasteiger partial charge >= 0.3 is 11.9 Å². The summed E-state index contributed by atoms with van der Waals surface area (Å²) in [4.78, 5) is 23.7. The molecule has 0 amide bonds. The Morgan fingerprint density at radius 3 is 1.26 bits per heavy atom. The van der Waals surface area contributed by atoms with Gasteiger partial charge in [-0.3, -0.25) is 9.59 Å². The zero-order valence-corrected chi connectivity index (χ0v) is 26.3. The molecule has 0 aliphatic rings. The average Bonchev–Trinajstić information content (AvgIpc) is 2.87. The van der Waals surface area contributed by atoms with Gasteiger partial charge in [0.25, 0.3) is 0 Å². The van der Waals surface area contributed by atoms with Crippen LogP contribution in [0.1, 0.15) is 176 Å². The first-order valence-corrected chi connectivity index (χ1v) is 16.6. The summed E-state index contributed by atoms with van der Waals surface area (Å²) in [6.07, 6.45) is 25.3.